The maximum absolute atomic E-state index is 11.6. The molecule has 0 unspecified atom stereocenters. The Bertz CT molecular complexity index is 683. The van der Waals surface area contributed by atoms with Crippen LogP contribution in [0.5, 0.6) is 5.75 Å². The lowest BCUT2D eigenvalue weighted by molar-refractivity contribution is 0.0706. The van der Waals surface area contributed by atoms with Gasteiger partial charge in [0.1, 0.15) is 12.4 Å². The van der Waals surface area contributed by atoms with Crippen molar-refractivity contribution in [1.82, 2.24) is 5.48 Å². The molecule has 3 rings (SSSR count). The highest BCUT2D eigenvalue weighted by molar-refractivity contribution is 5.95. The fourth-order valence-electron chi connectivity index (χ4n) is 2.56. The van der Waals surface area contributed by atoms with Crippen molar-refractivity contribution < 1.29 is 14.7 Å². The first-order chi connectivity index (χ1) is 10.7. The van der Waals surface area contributed by atoms with Crippen LogP contribution in [0.4, 0.5) is 5.69 Å². The van der Waals surface area contributed by atoms with Crippen molar-refractivity contribution in [3.63, 3.8) is 0 Å². The van der Waals surface area contributed by atoms with Crippen molar-refractivity contribution in [3.8, 4) is 5.75 Å². The van der Waals surface area contributed by atoms with Gasteiger partial charge in [0.05, 0.1) is 12.2 Å². The van der Waals surface area contributed by atoms with E-state index in [1.165, 1.54) is 11.1 Å². The first kappa shape index (κ1) is 14.4. The van der Waals surface area contributed by atoms with Gasteiger partial charge in [-0.15, -0.1) is 0 Å². The quantitative estimate of drug-likeness (QED) is 0.675. The zero-order valence-electron chi connectivity index (χ0n) is 12.4. The van der Waals surface area contributed by atoms with Crippen LogP contribution in [0.1, 0.15) is 21.5 Å². The molecule has 0 aromatic heterocycles. The fraction of sp³-hybridized carbons (Fsp3) is 0.235. The van der Waals surface area contributed by atoms with Crippen LogP contribution in [0.2, 0.25) is 0 Å². The van der Waals surface area contributed by atoms with Crippen molar-refractivity contribution in [2.75, 3.05) is 18.1 Å². The third kappa shape index (κ3) is 2.89. The van der Waals surface area contributed by atoms with Gasteiger partial charge in [-0.25, -0.2) is 5.48 Å². The minimum absolute atomic E-state index is 0.403. The number of aryl methyl sites for hydroxylation is 1. The van der Waals surface area contributed by atoms with Gasteiger partial charge in [-0.2, -0.15) is 0 Å². The van der Waals surface area contributed by atoms with Gasteiger partial charge in [-0.05, 0) is 30.7 Å². The summed E-state index contributed by atoms with van der Waals surface area (Å²) in [5.74, 6) is 0.233. The molecule has 0 saturated heterocycles. The molecule has 0 saturated carbocycles. The van der Waals surface area contributed by atoms with E-state index in [0.29, 0.717) is 12.2 Å². The van der Waals surface area contributed by atoms with Gasteiger partial charge in [-0.3, -0.25) is 10.0 Å². The summed E-state index contributed by atoms with van der Waals surface area (Å²) < 4.78 is 5.64. The van der Waals surface area contributed by atoms with E-state index in [1.807, 2.05) is 0 Å². The second-order valence-corrected chi connectivity index (χ2v) is 5.38. The highest BCUT2D eigenvalue weighted by atomic mass is 16.5. The molecule has 2 aromatic carbocycles. The van der Waals surface area contributed by atoms with Gasteiger partial charge < -0.3 is 9.64 Å². The van der Waals surface area contributed by atoms with E-state index in [4.69, 9.17) is 9.94 Å². The van der Waals surface area contributed by atoms with Gasteiger partial charge in [0.15, 0.2) is 0 Å². The maximum atomic E-state index is 11.6. The summed E-state index contributed by atoms with van der Waals surface area (Å²) in [7, 11) is 0. The normalized spacial score (nSPS) is 13.3. The lowest BCUT2D eigenvalue weighted by Crippen LogP contribution is -2.32. The average Bonchev–Trinajstić information content (AvgIpc) is 2.56. The molecule has 0 radical (unpaired) electrons. The topological polar surface area (TPSA) is 61.8 Å². The predicted octanol–water partition coefficient (Wildman–Crippen LogP) is 2.51. The molecular weight excluding hydrogens is 280 g/mol. The molecule has 22 heavy (non-hydrogen) atoms. The summed E-state index contributed by atoms with van der Waals surface area (Å²) in [5.41, 5.74) is 5.37. The second kappa shape index (κ2) is 6.07. The molecule has 1 heterocycles. The number of hydroxylamine groups is 1. The number of benzene rings is 2. The van der Waals surface area contributed by atoms with Crippen molar-refractivity contribution in [1.29, 1.82) is 0 Å². The molecular formula is C17H18N2O3. The molecule has 0 atom stereocenters. The molecule has 1 amide bonds. The molecule has 5 nitrogen and oxygen atoms in total. The Kier molecular flexibility index (Phi) is 3.98. The number of anilines is 1. The second-order valence-electron chi connectivity index (χ2n) is 5.38. The van der Waals surface area contributed by atoms with E-state index < -0.39 is 5.91 Å². The summed E-state index contributed by atoms with van der Waals surface area (Å²) in [6, 6.07) is 13.5. The number of hydrogen-bond acceptors (Lipinski definition) is 4. The van der Waals surface area contributed by atoms with Crippen LogP contribution in [0, 0.1) is 6.92 Å². The first-order valence-corrected chi connectivity index (χ1v) is 7.19. The van der Waals surface area contributed by atoms with Crippen LogP contribution < -0.4 is 15.1 Å². The van der Waals surface area contributed by atoms with Gasteiger partial charge >= 0.3 is 0 Å². The Morgan fingerprint density at radius 2 is 2.05 bits per heavy atom. The number of carbonyl (C=O) groups is 1. The van der Waals surface area contributed by atoms with E-state index >= 15 is 0 Å². The highest BCUT2D eigenvalue weighted by Gasteiger charge is 2.20. The number of ether oxygens (including phenoxy) is 1. The lowest BCUT2D eigenvalue weighted by Gasteiger charge is -2.31. The number of rotatable bonds is 3. The number of nitrogens with one attached hydrogen (secondary N) is 1. The Balaban J connectivity index is 1.89. The molecule has 0 aliphatic carbocycles. The van der Waals surface area contributed by atoms with Gasteiger partial charge in [0.2, 0.25) is 0 Å². The van der Waals surface area contributed by atoms with E-state index in [0.717, 1.165) is 24.5 Å². The Hall–Kier alpha value is -2.53. The Morgan fingerprint density at radius 3 is 2.77 bits per heavy atom. The summed E-state index contributed by atoms with van der Waals surface area (Å²) in [4.78, 5) is 13.8. The fourth-order valence-corrected chi connectivity index (χ4v) is 2.56. The number of carbonyl (C=O) groups excluding carboxylic acids is 1. The van der Waals surface area contributed by atoms with E-state index in [9.17, 15) is 4.79 Å². The molecule has 1 aliphatic heterocycles. The number of amides is 1. The SMILES string of the molecule is Cc1ccc(CN2CCOc3ccc(C(=O)NO)cc32)cc1. The molecule has 0 fully saturated rings. The summed E-state index contributed by atoms with van der Waals surface area (Å²) in [6.07, 6.45) is 0. The minimum Gasteiger partial charge on any atom is -0.490 e. The van der Waals surface area contributed by atoms with Crippen LogP contribution in [-0.2, 0) is 6.54 Å². The first-order valence-electron chi connectivity index (χ1n) is 7.19. The van der Waals surface area contributed by atoms with Crippen molar-refractivity contribution >= 4 is 11.6 Å². The number of nitrogens with zero attached hydrogens (tertiary/aromatic N) is 1. The summed E-state index contributed by atoms with van der Waals surface area (Å²) >= 11 is 0. The van der Waals surface area contributed by atoms with Crippen molar-refractivity contribution in [2.45, 2.75) is 13.5 Å². The minimum atomic E-state index is -0.524. The van der Waals surface area contributed by atoms with Crippen LogP contribution in [0.15, 0.2) is 42.5 Å². The number of hydrogen-bond donors (Lipinski definition) is 2. The van der Waals surface area contributed by atoms with Crippen molar-refractivity contribution in [3.05, 3.63) is 59.2 Å². The molecule has 0 bridgehead atoms. The number of fused-ring (bicyclic) bond motifs is 1. The highest BCUT2D eigenvalue weighted by Crippen LogP contribution is 2.33. The molecule has 0 spiro atoms. The standard InChI is InChI=1S/C17H18N2O3/c1-12-2-4-13(5-3-12)11-19-8-9-22-16-7-6-14(10-15(16)19)17(20)18-21/h2-7,10,21H,8-9,11H2,1H3,(H,18,20). The van der Waals surface area contributed by atoms with E-state index in [-0.39, 0.29) is 0 Å². The van der Waals surface area contributed by atoms with Gasteiger partial charge in [-0.1, -0.05) is 29.8 Å². The van der Waals surface area contributed by atoms with Crippen molar-refractivity contribution in [2.24, 2.45) is 0 Å². The van der Waals surface area contributed by atoms with E-state index in [2.05, 4.69) is 36.1 Å². The predicted molar refractivity (Wildman–Crippen MR) is 83.4 cm³/mol. The molecule has 114 valence electrons. The monoisotopic (exact) mass is 298 g/mol. The van der Waals surface area contributed by atoms with E-state index in [1.54, 1.807) is 23.7 Å². The Labute approximate surface area is 129 Å². The van der Waals surface area contributed by atoms with Crippen LogP contribution in [-0.4, -0.2) is 24.3 Å². The van der Waals surface area contributed by atoms with Gasteiger partial charge in [0.25, 0.3) is 5.91 Å². The van der Waals surface area contributed by atoms with Gasteiger partial charge in [0, 0.05) is 12.1 Å². The maximum Gasteiger partial charge on any atom is 0.274 e. The zero-order chi connectivity index (χ0) is 15.5. The Morgan fingerprint density at radius 1 is 1.27 bits per heavy atom. The molecule has 2 N–H and O–H groups in total. The smallest absolute Gasteiger partial charge is 0.274 e. The average molecular weight is 298 g/mol. The zero-order valence-corrected chi connectivity index (χ0v) is 12.4. The van der Waals surface area contributed by atoms with Crippen LogP contribution in [0.25, 0.3) is 0 Å². The lowest BCUT2D eigenvalue weighted by atomic mass is 10.1. The third-order valence-electron chi connectivity index (χ3n) is 3.78. The molecule has 5 heteroatoms. The molecule has 1 aliphatic rings. The molecule has 2 aromatic rings. The largest absolute Gasteiger partial charge is 0.490 e. The van der Waals surface area contributed by atoms with Crippen LogP contribution >= 0.6 is 0 Å². The third-order valence-corrected chi connectivity index (χ3v) is 3.78. The summed E-state index contributed by atoms with van der Waals surface area (Å²) in [6.45, 7) is 4.18. The van der Waals surface area contributed by atoms with Crippen LogP contribution in [0.3, 0.4) is 0 Å². The summed E-state index contributed by atoms with van der Waals surface area (Å²) in [5, 5.41) is 8.77.